The lowest BCUT2D eigenvalue weighted by atomic mass is 9.84. The Morgan fingerprint density at radius 3 is 2.60 bits per heavy atom. The van der Waals surface area contributed by atoms with Gasteiger partial charge in [0.1, 0.15) is 5.75 Å². The second-order valence-corrected chi connectivity index (χ2v) is 3.73. The summed E-state index contributed by atoms with van der Waals surface area (Å²) in [5, 5.41) is 20.0. The third-order valence-corrected chi connectivity index (χ3v) is 2.21. The van der Waals surface area contributed by atoms with Gasteiger partial charge in [0.05, 0.1) is 15.9 Å². The minimum absolute atomic E-state index is 0.0288. The number of benzene rings is 1. The highest BCUT2D eigenvalue weighted by molar-refractivity contribution is 5.51. The van der Waals surface area contributed by atoms with E-state index in [9.17, 15) is 15.2 Å². The maximum atomic E-state index is 10.8. The zero-order valence-corrected chi connectivity index (χ0v) is 8.52. The molecule has 1 N–H and O–H groups in total. The average molecular weight is 205 g/mol. The van der Waals surface area contributed by atoms with E-state index in [1.165, 1.54) is 18.2 Å². The highest BCUT2D eigenvalue weighted by atomic mass is 16.6. The molecule has 1 aromatic carbocycles. The van der Waals surface area contributed by atoms with E-state index in [4.69, 9.17) is 6.42 Å². The number of hydrogen-bond acceptors (Lipinski definition) is 3. The topological polar surface area (TPSA) is 63.4 Å². The molecule has 1 aromatic rings. The van der Waals surface area contributed by atoms with Gasteiger partial charge in [0.2, 0.25) is 0 Å². The van der Waals surface area contributed by atoms with E-state index in [0.29, 0.717) is 5.56 Å². The maximum absolute atomic E-state index is 10.8. The standard InChI is InChI=1S/C11H11NO3/c1-4-11(2,3)9-7-8(13)5-6-10(9)12(14)15/h1,5-7,13H,2-3H3. The number of phenolic OH excluding ortho intramolecular Hbond substituents is 1. The van der Waals surface area contributed by atoms with Crippen LogP contribution in [0.5, 0.6) is 5.75 Å². The molecule has 0 bridgehead atoms. The average Bonchev–Trinajstić information content (AvgIpc) is 2.17. The predicted octanol–water partition coefficient (Wildman–Crippen LogP) is 2.21. The van der Waals surface area contributed by atoms with Gasteiger partial charge in [-0.2, -0.15) is 0 Å². The van der Waals surface area contributed by atoms with Crippen molar-refractivity contribution >= 4 is 5.69 Å². The molecule has 0 aromatic heterocycles. The lowest BCUT2D eigenvalue weighted by Crippen LogP contribution is -2.15. The molecule has 0 radical (unpaired) electrons. The van der Waals surface area contributed by atoms with Gasteiger partial charge in [-0.15, -0.1) is 6.42 Å². The molecule has 4 heteroatoms. The third-order valence-electron chi connectivity index (χ3n) is 2.21. The summed E-state index contributed by atoms with van der Waals surface area (Å²) in [6, 6.07) is 3.86. The van der Waals surface area contributed by atoms with Crippen LogP contribution in [0.3, 0.4) is 0 Å². The van der Waals surface area contributed by atoms with E-state index < -0.39 is 10.3 Å². The van der Waals surface area contributed by atoms with E-state index in [1.807, 2.05) is 0 Å². The summed E-state index contributed by atoms with van der Waals surface area (Å²) in [6.07, 6.45) is 5.30. The molecule has 0 amide bonds. The van der Waals surface area contributed by atoms with Gasteiger partial charge in [0, 0.05) is 6.07 Å². The highest BCUT2D eigenvalue weighted by Crippen LogP contribution is 2.33. The molecule has 0 atom stereocenters. The molecular formula is C11H11NO3. The van der Waals surface area contributed by atoms with Crippen LogP contribution in [-0.4, -0.2) is 10.0 Å². The molecule has 0 fully saturated rings. The first-order chi connectivity index (χ1) is 6.88. The Morgan fingerprint density at radius 2 is 2.13 bits per heavy atom. The van der Waals surface area contributed by atoms with Gasteiger partial charge in [-0.05, 0) is 26.0 Å². The molecule has 0 heterocycles. The van der Waals surface area contributed by atoms with Crippen molar-refractivity contribution in [3.8, 4) is 18.1 Å². The predicted molar refractivity (Wildman–Crippen MR) is 56.6 cm³/mol. The summed E-state index contributed by atoms with van der Waals surface area (Å²) in [5.74, 6) is 2.44. The molecular weight excluding hydrogens is 194 g/mol. The van der Waals surface area contributed by atoms with Gasteiger partial charge in [-0.25, -0.2) is 0 Å². The van der Waals surface area contributed by atoms with Gasteiger partial charge >= 0.3 is 0 Å². The van der Waals surface area contributed by atoms with Crippen LogP contribution in [0, 0.1) is 22.5 Å². The molecule has 0 saturated heterocycles. The van der Waals surface area contributed by atoms with Crippen LogP contribution >= 0.6 is 0 Å². The molecule has 0 saturated carbocycles. The Balaban J connectivity index is 3.45. The lowest BCUT2D eigenvalue weighted by Gasteiger charge is -2.17. The van der Waals surface area contributed by atoms with E-state index in [0.717, 1.165) is 0 Å². The summed E-state index contributed by atoms with van der Waals surface area (Å²) >= 11 is 0. The summed E-state index contributed by atoms with van der Waals surface area (Å²) in [6.45, 7) is 3.38. The third kappa shape index (κ3) is 2.08. The number of phenols is 1. The van der Waals surface area contributed by atoms with Crippen LogP contribution in [0.2, 0.25) is 0 Å². The van der Waals surface area contributed by atoms with E-state index in [-0.39, 0.29) is 11.4 Å². The van der Waals surface area contributed by atoms with E-state index in [1.54, 1.807) is 13.8 Å². The van der Waals surface area contributed by atoms with Crippen molar-refractivity contribution in [1.82, 2.24) is 0 Å². The van der Waals surface area contributed by atoms with Crippen molar-refractivity contribution in [1.29, 1.82) is 0 Å². The van der Waals surface area contributed by atoms with Crippen LogP contribution in [0.15, 0.2) is 18.2 Å². The van der Waals surface area contributed by atoms with Gasteiger partial charge in [0.15, 0.2) is 0 Å². The highest BCUT2D eigenvalue weighted by Gasteiger charge is 2.27. The maximum Gasteiger partial charge on any atom is 0.274 e. The molecule has 0 aliphatic rings. The van der Waals surface area contributed by atoms with Crippen molar-refractivity contribution in [3.63, 3.8) is 0 Å². The Bertz CT molecular complexity index is 444. The van der Waals surface area contributed by atoms with Gasteiger partial charge in [0.25, 0.3) is 5.69 Å². The van der Waals surface area contributed by atoms with E-state index >= 15 is 0 Å². The second-order valence-electron chi connectivity index (χ2n) is 3.73. The number of rotatable bonds is 2. The molecule has 0 aliphatic heterocycles. The molecule has 0 unspecified atom stereocenters. The summed E-state index contributed by atoms with van der Waals surface area (Å²) in [4.78, 5) is 10.2. The molecule has 0 aliphatic carbocycles. The normalized spacial score (nSPS) is 10.7. The van der Waals surface area contributed by atoms with Crippen LogP contribution in [0.1, 0.15) is 19.4 Å². The van der Waals surface area contributed by atoms with Gasteiger partial charge < -0.3 is 5.11 Å². The monoisotopic (exact) mass is 205 g/mol. The number of nitro groups is 1. The fraction of sp³-hybridized carbons (Fsp3) is 0.273. The molecule has 78 valence electrons. The summed E-state index contributed by atoms with van der Waals surface area (Å²) < 4.78 is 0. The fourth-order valence-electron chi connectivity index (χ4n) is 1.26. The van der Waals surface area contributed by atoms with Crippen molar-refractivity contribution in [2.45, 2.75) is 19.3 Å². The first-order valence-corrected chi connectivity index (χ1v) is 4.34. The van der Waals surface area contributed by atoms with Crippen molar-refractivity contribution in [2.75, 3.05) is 0 Å². The van der Waals surface area contributed by atoms with Crippen molar-refractivity contribution < 1.29 is 10.0 Å². The Morgan fingerprint density at radius 1 is 1.53 bits per heavy atom. The van der Waals surface area contributed by atoms with Crippen LogP contribution < -0.4 is 0 Å². The molecule has 4 nitrogen and oxygen atoms in total. The Kier molecular flexibility index (Phi) is 2.67. The zero-order valence-electron chi connectivity index (χ0n) is 8.52. The Hall–Kier alpha value is -2.02. The molecule has 1 rings (SSSR count). The quantitative estimate of drug-likeness (QED) is 0.457. The van der Waals surface area contributed by atoms with Crippen LogP contribution in [-0.2, 0) is 5.41 Å². The first-order valence-electron chi connectivity index (χ1n) is 4.34. The molecule has 15 heavy (non-hydrogen) atoms. The number of nitro benzene ring substituents is 1. The lowest BCUT2D eigenvalue weighted by molar-refractivity contribution is -0.385. The number of aromatic hydroxyl groups is 1. The number of hydrogen-bond donors (Lipinski definition) is 1. The van der Waals surface area contributed by atoms with E-state index in [2.05, 4.69) is 5.92 Å². The minimum Gasteiger partial charge on any atom is -0.508 e. The van der Waals surface area contributed by atoms with Crippen LogP contribution in [0.25, 0.3) is 0 Å². The number of terminal acetylenes is 1. The minimum atomic E-state index is -0.777. The van der Waals surface area contributed by atoms with Crippen LogP contribution in [0.4, 0.5) is 5.69 Å². The zero-order chi connectivity index (χ0) is 11.6. The summed E-state index contributed by atoms with van der Waals surface area (Å²) in [5.41, 5.74) is -0.507. The smallest absolute Gasteiger partial charge is 0.274 e. The fourth-order valence-corrected chi connectivity index (χ4v) is 1.26. The van der Waals surface area contributed by atoms with Gasteiger partial charge in [-0.1, -0.05) is 5.92 Å². The van der Waals surface area contributed by atoms with Gasteiger partial charge in [-0.3, -0.25) is 10.1 Å². The SMILES string of the molecule is C#CC(C)(C)c1cc(O)ccc1[N+](=O)[O-]. The Labute approximate surface area is 87.7 Å². The largest absolute Gasteiger partial charge is 0.508 e. The first kappa shape index (κ1) is 11.1. The molecule has 0 spiro atoms. The van der Waals surface area contributed by atoms with Crippen molar-refractivity contribution in [2.24, 2.45) is 0 Å². The second kappa shape index (κ2) is 3.62. The summed E-state index contributed by atoms with van der Waals surface area (Å²) in [7, 11) is 0. The number of nitrogens with zero attached hydrogens (tertiary/aromatic N) is 1. The van der Waals surface area contributed by atoms with Crippen molar-refractivity contribution in [3.05, 3.63) is 33.9 Å².